The van der Waals surface area contributed by atoms with Crippen molar-refractivity contribution in [3.05, 3.63) is 45.6 Å². The second kappa shape index (κ2) is 5.89. The largest absolute Gasteiger partial charge is 0.366 e. The van der Waals surface area contributed by atoms with Crippen molar-refractivity contribution in [2.24, 2.45) is 0 Å². The number of hydrogen-bond donors (Lipinski definition) is 0. The van der Waals surface area contributed by atoms with Gasteiger partial charge in [0.15, 0.2) is 5.82 Å². The second-order valence-corrected chi connectivity index (χ2v) is 6.73. The molecule has 0 spiro atoms. The van der Waals surface area contributed by atoms with E-state index in [0.717, 1.165) is 61.7 Å². The Morgan fingerprint density at radius 1 is 1.21 bits per heavy atom. The number of piperidine rings is 1. The number of nitro groups is 1. The van der Waals surface area contributed by atoms with Crippen LogP contribution in [0.2, 0.25) is 0 Å². The summed E-state index contributed by atoms with van der Waals surface area (Å²) in [6, 6.07) is 5.24. The van der Waals surface area contributed by atoms with Crippen molar-refractivity contribution in [2.75, 3.05) is 18.0 Å². The smallest absolute Gasteiger partial charge is 0.292 e. The van der Waals surface area contributed by atoms with Crippen LogP contribution in [0.1, 0.15) is 54.8 Å². The maximum absolute atomic E-state index is 11.3. The molecule has 2 fully saturated rings. The zero-order chi connectivity index (χ0) is 16.7. The van der Waals surface area contributed by atoms with Crippen molar-refractivity contribution >= 4 is 11.4 Å². The Hall–Kier alpha value is -2.44. The topological polar surface area (TPSA) is 85.3 Å². The lowest BCUT2D eigenvalue weighted by Gasteiger charge is -2.32. The van der Waals surface area contributed by atoms with Crippen LogP contribution >= 0.6 is 0 Å². The highest BCUT2D eigenvalue weighted by Gasteiger charge is 2.32. The summed E-state index contributed by atoms with van der Waals surface area (Å²) in [5.41, 5.74) is 1.87. The zero-order valence-corrected chi connectivity index (χ0v) is 13.6. The summed E-state index contributed by atoms with van der Waals surface area (Å²) in [5.74, 6) is 2.33. The number of hydrogen-bond acceptors (Lipinski definition) is 6. The van der Waals surface area contributed by atoms with E-state index in [1.165, 1.54) is 0 Å². The molecular formula is C17H20N4O3. The summed E-state index contributed by atoms with van der Waals surface area (Å²) in [4.78, 5) is 17.7. The van der Waals surface area contributed by atoms with Gasteiger partial charge in [-0.3, -0.25) is 10.1 Å². The van der Waals surface area contributed by atoms with E-state index in [1.807, 2.05) is 13.0 Å². The van der Waals surface area contributed by atoms with E-state index in [-0.39, 0.29) is 16.5 Å². The van der Waals surface area contributed by atoms with Crippen LogP contribution in [0.25, 0.3) is 0 Å². The first-order valence-electron chi connectivity index (χ1n) is 8.46. The van der Waals surface area contributed by atoms with E-state index in [9.17, 15) is 10.1 Å². The van der Waals surface area contributed by atoms with Crippen molar-refractivity contribution in [1.82, 2.24) is 10.1 Å². The van der Waals surface area contributed by atoms with Gasteiger partial charge in [-0.05, 0) is 38.2 Å². The Morgan fingerprint density at radius 3 is 2.62 bits per heavy atom. The van der Waals surface area contributed by atoms with Gasteiger partial charge in [0.2, 0.25) is 5.89 Å². The fourth-order valence-electron chi connectivity index (χ4n) is 3.47. The van der Waals surface area contributed by atoms with Crippen molar-refractivity contribution in [1.29, 1.82) is 0 Å². The van der Waals surface area contributed by atoms with Gasteiger partial charge in [0.1, 0.15) is 5.69 Å². The minimum Gasteiger partial charge on any atom is -0.366 e. The van der Waals surface area contributed by atoms with Crippen LogP contribution in [-0.4, -0.2) is 28.2 Å². The lowest BCUT2D eigenvalue weighted by Crippen LogP contribution is -2.34. The molecule has 1 saturated heterocycles. The molecule has 2 aromatic rings. The molecule has 0 amide bonds. The highest BCUT2D eigenvalue weighted by atomic mass is 16.6. The third kappa shape index (κ3) is 2.74. The third-order valence-corrected chi connectivity index (χ3v) is 4.97. The van der Waals surface area contributed by atoms with Gasteiger partial charge in [-0.1, -0.05) is 17.3 Å². The molecule has 1 aromatic heterocycles. The Balaban J connectivity index is 1.49. The molecule has 7 heteroatoms. The van der Waals surface area contributed by atoms with Crippen LogP contribution in [0.3, 0.4) is 0 Å². The Kier molecular flexibility index (Phi) is 3.70. The molecule has 0 radical (unpaired) electrons. The van der Waals surface area contributed by atoms with E-state index in [4.69, 9.17) is 4.52 Å². The molecule has 0 unspecified atom stereocenters. The molecule has 126 valence electrons. The van der Waals surface area contributed by atoms with Gasteiger partial charge in [-0.2, -0.15) is 4.98 Å². The van der Waals surface area contributed by atoms with Gasteiger partial charge in [0.05, 0.1) is 4.92 Å². The van der Waals surface area contributed by atoms with E-state index >= 15 is 0 Å². The first-order chi connectivity index (χ1) is 11.6. The maximum atomic E-state index is 11.3. The summed E-state index contributed by atoms with van der Waals surface area (Å²) >= 11 is 0. The van der Waals surface area contributed by atoms with Crippen LogP contribution in [0.5, 0.6) is 0 Å². The number of aryl methyl sites for hydroxylation is 1. The number of para-hydroxylation sites is 1. The van der Waals surface area contributed by atoms with Crippen molar-refractivity contribution in [3.8, 4) is 0 Å². The van der Waals surface area contributed by atoms with E-state index in [1.54, 1.807) is 12.1 Å². The lowest BCUT2D eigenvalue weighted by molar-refractivity contribution is -0.384. The van der Waals surface area contributed by atoms with E-state index in [0.29, 0.717) is 5.92 Å². The number of anilines is 1. The molecule has 1 saturated carbocycles. The quantitative estimate of drug-likeness (QED) is 0.630. The number of rotatable bonds is 4. The monoisotopic (exact) mass is 328 g/mol. The van der Waals surface area contributed by atoms with Gasteiger partial charge in [-0.25, -0.2) is 0 Å². The zero-order valence-electron chi connectivity index (χ0n) is 13.6. The predicted octanol–water partition coefficient (Wildman–Crippen LogP) is 3.55. The normalized spacial score (nSPS) is 18.8. The molecule has 0 bridgehead atoms. The summed E-state index contributed by atoms with van der Waals surface area (Å²) in [6.45, 7) is 3.46. The SMILES string of the molecule is Cc1cccc([N+](=O)[O-])c1N1CCC(c2noc(C3CC3)n2)CC1. The van der Waals surface area contributed by atoms with Crippen LogP contribution in [-0.2, 0) is 0 Å². The van der Waals surface area contributed by atoms with Gasteiger partial charge >= 0.3 is 0 Å². The lowest BCUT2D eigenvalue weighted by atomic mass is 9.95. The average Bonchev–Trinajstić information content (AvgIpc) is 3.32. The predicted molar refractivity (Wildman–Crippen MR) is 88.3 cm³/mol. The molecule has 1 aromatic carbocycles. The van der Waals surface area contributed by atoms with Crippen LogP contribution in [0.15, 0.2) is 22.7 Å². The summed E-state index contributed by atoms with van der Waals surface area (Å²) in [7, 11) is 0. The molecule has 4 rings (SSSR count). The van der Waals surface area contributed by atoms with Gasteiger partial charge < -0.3 is 9.42 Å². The standard InChI is InChI=1S/C17H20N4O3/c1-11-3-2-4-14(21(22)23)15(11)20-9-7-12(8-10-20)16-18-17(24-19-16)13-5-6-13/h2-4,12-13H,5-10H2,1H3. The van der Waals surface area contributed by atoms with Crippen molar-refractivity contribution in [3.63, 3.8) is 0 Å². The molecule has 0 atom stereocenters. The Labute approximate surface area is 139 Å². The molecule has 7 nitrogen and oxygen atoms in total. The first kappa shape index (κ1) is 15.1. The summed E-state index contributed by atoms with van der Waals surface area (Å²) < 4.78 is 5.36. The molecule has 2 heterocycles. The summed E-state index contributed by atoms with van der Waals surface area (Å²) in [6.07, 6.45) is 4.07. The number of nitro benzene ring substituents is 1. The highest BCUT2D eigenvalue weighted by Crippen LogP contribution is 2.40. The maximum Gasteiger partial charge on any atom is 0.292 e. The fraction of sp³-hybridized carbons (Fsp3) is 0.529. The molecule has 0 N–H and O–H groups in total. The van der Waals surface area contributed by atoms with Crippen molar-refractivity contribution < 1.29 is 9.45 Å². The van der Waals surface area contributed by atoms with E-state index in [2.05, 4.69) is 15.0 Å². The number of aromatic nitrogens is 2. The van der Waals surface area contributed by atoms with Crippen molar-refractivity contribution in [2.45, 2.75) is 44.4 Å². The van der Waals surface area contributed by atoms with E-state index < -0.39 is 0 Å². The summed E-state index contributed by atoms with van der Waals surface area (Å²) in [5, 5.41) is 15.5. The average molecular weight is 328 g/mol. The molecule has 1 aliphatic carbocycles. The van der Waals surface area contributed by atoms with Crippen LogP contribution < -0.4 is 4.90 Å². The van der Waals surface area contributed by atoms with Gasteiger partial charge in [-0.15, -0.1) is 0 Å². The minimum atomic E-state index is -0.296. The van der Waals surface area contributed by atoms with Crippen LogP contribution in [0.4, 0.5) is 11.4 Å². The molecule has 24 heavy (non-hydrogen) atoms. The minimum absolute atomic E-state index is 0.184. The Bertz CT molecular complexity index is 761. The van der Waals surface area contributed by atoms with Gasteiger partial charge in [0.25, 0.3) is 5.69 Å². The Morgan fingerprint density at radius 2 is 1.96 bits per heavy atom. The molecular weight excluding hydrogens is 308 g/mol. The second-order valence-electron chi connectivity index (χ2n) is 6.73. The third-order valence-electron chi connectivity index (χ3n) is 4.97. The first-order valence-corrected chi connectivity index (χ1v) is 8.46. The molecule has 2 aliphatic rings. The fourth-order valence-corrected chi connectivity index (χ4v) is 3.47. The number of benzene rings is 1. The van der Waals surface area contributed by atoms with Gasteiger partial charge in [0, 0.05) is 31.0 Å². The number of nitrogens with zero attached hydrogens (tertiary/aromatic N) is 4. The highest BCUT2D eigenvalue weighted by molar-refractivity contribution is 5.67. The molecule has 1 aliphatic heterocycles. The van der Waals surface area contributed by atoms with Crippen LogP contribution in [0, 0.1) is 17.0 Å².